The Bertz CT molecular complexity index is 701. The Labute approximate surface area is 137 Å². The van der Waals surface area contributed by atoms with Crippen molar-refractivity contribution < 1.29 is 37.0 Å². The van der Waals surface area contributed by atoms with Crippen LogP contribution in [0.15, 0.2) is 48.0 Å². The molecule has 2 aromatic rings. The monoisotopic (exact) mass is 453 g/mol. The maximum absolute atomic E-state index is 10.8. The molecule has 0 unspecified atom stereocenters. The van der Waals surface area contributed by atoms with E-state index in [1.54, 1.807) is 12.1 Å². The summed E-state index contributed by atoms with van der Waals surface area (Å²) >= 11 is 0. The van der Waals surface area contributed by atoms with Crippen molar-refractivity contribution in [3.63, 3.8) is 0 Å². The molecule has 5 N–H and O–H groups in total. The molecule has 0 saturated carbocycles. The average Bonchev–Trinajstić information content (AvgIpc) is 2.39. The Kier molecular flexibility index (Phi) is 5.80. The molecule has 0 aliphatic heterocycles. The van der Waals surface area contributed by atoms with Gasteiger partial charge in [0.1, 0.15) is 5.75 Å². The van der Waals surface area contributed by atoms with Gasteiger partial charge in [-0.25, -0.2) is 4.79 Å². The summed E-state index contributed by atoms with van der Waals surface area (Å²) in [6, 6.07) is 11.3. The number of carbonyl (C=O) groups is 1. The Morgan fingerprint density at radius 2 is 1.81 bits per heavy atom. The molecule has 0 spiro atoms. The minimum Gasteiger partial charge on any atom is -0.615 e. The first-order chi connectivity index (χ1) is 9.51. The van der Waals surface area contributed by atoms with E-state index in [9.17, 15) is 4.79 Å². The number of rotatable bonds is 4. The number of nitrogens with two attached hydrogens (primary N) is 2. The molecule has 0 amide bonds. The number of hydrogen-bond acceptors (Lipinski definition) is 4. The van der Waals surface area contributed by atoms with Gasteiger partial charge in [-0.3, -0.25) is 0 Å². The fraction of sp³-hybridized carbons (Fsp3) is 0.0714. The summed E-state index contributed by atoms with van der Waals surface area (Å²) in [6.45, 7) is 2.01. The van der Waals surface area contributed by atoms with E-state index < -0.39 is 11.7 Å². The van der Waals surface area contributed by atoms with Gasteiger partial charge in [0.25, 0.3) is 0 Å². The van der Waals surface area contributed by atoms with E-state index in [0.717, 1.165) is 16.3 Å². The molecule has 0 heterocycles. The van der Waals surface area contributed by atoms with E-state index in [1.165, 1.54) is 0 Å². The van der Waals surface area contributed by atoms with Gasteiger partial charge >= 0.3 is 5.97 Å². The first kappa shape index (κ1) is 17.1. The van der Waals surface area contributed by atoms with Gasteiger partial charge in [0.15, 0.2) is 5.88 Å². The van der Waals surface area contributed by atoms with Crippen molar-refractivity contribution in [1.29, 1.82) is 0 Å². The average molecular weight is 453 g/mol. The third kappa shape index (κ3) is 3.99. The predicted octanol–water partition coefficient (Wildman–Crippen LogP) is 1.98. The van der Waals surface area contributed by atoms with Crippen LogP contribution in [0.3, 0.4) is 0 Å². The number of hydrogen-bond donors (Lipinski definition) is 3. The Morgan fingerprint density at radius 1 is 1.19 bits per heavy atom. The van der Waals surface area contributed by atoms with Crippen LogP contribution in [-0.4, -0.2) is 11.1 Å². The number of benzene rings is 2. The maximum Gasteiger partial charge on any atom is 0.319 e. The quantitative estimate of drug-likeness (QED) is 0.284. The summed E-state index contributed by atoms with van der Waals surface area (Å²) in [7, 11) is 0. The fourth-order valence-electron chi connectivity index (χ4n) is 1.81. The minimum atomic E-state index is -1.35. The maximum atomic E-state index is 10.8. The summed E-state index contributed by atoms with van der Waals surface area (Å²) in [5.74, 6) is 3.68. The predicted molar refractivity (Wildman–Crippen MR) is 75.7 cm³/mol. The molecule has 0 aliphatic carbocycles. The first-order valence-electron chi connectivity index (χ1n) is 5.83. The molecule has 7 heteroatoms. The molecule has 0 atom stereocenters. The molecule has 0 saturated heterocycles. The standard InChI is InChI=1S/C14H14N3O3.Ta/c1-8-2-3-10-7-11(5-4-9(10)6-8)20-13(15)12(17-16)14(18)19;/h2-7H,15-16H2,1H3,(H,18,19);/q-1;/b13-12+;. The number of carboxylic acid groups (broad SMARTS) is 1. The molecular weight excluding hydrogens is 439 g/mol. The number of nitrogens with zero attached hydrogens (tertiary/aromatic N) is 1. The van der Waals surface area contributed by atoms with Gasteiger partial charge < -0.3 is 26.8 Å². The van der Waals surface area contributed by atoms with Gasteiger partial charge in [-0.1, -0.05) is 29.8 Å². The van der Waals surface area contributed by atoms with Crippen LogP contribution in [0.5, 0.6) is 5.75 Å². The van der Waals surface area contributed by atoms with Crippen LogP contribution < -0.4 is 16.3 Å². The van der Waals surface area contributed by atoms with Crippen LogP contribution in [0.1, 0.15) is 5.56 Å². The number of aliphatic carboxylic acids is 1. The zero-order valence-corrected chi connectivity index (χ0v) is 14.5. The third-order valence-electron chi connectivity index (χ3n) is 2.76. The van der Waals surface area contributed by atoms with Crippen LogP contribution in [0.25, 0.3) is 16.2 Å². The second-order valence-electron chi connectivity index (χ2n) is 4.26. The summed E-state index contributed by atoms with van der Waals surface area (Å²) in [5, 5.41) is 10.9. The molecule has 0 aromatic heterocycles. The molecule has 1 radical (unpaired) electrons. The van der Waals surface area contributed by atoms with Gasteiger partial charge in [0, 0.05) is 28.1 Å². The summed E-state index contributed by atoms with van der Waals surface area (Å²) in [5.41, 5.74) is 9.25. The molecule has 21 heavy (non-hydrogen) atoms. The van der Waals surface area contributed by atoms with Crippen LogP contribution in [0.2, 0.25) is 0 Å². The zero-order valence-electron chi connectivity index (χ0n) is 11.3. The summed E-state index contributed by atoms with van der Waals surface area (Å²) in [4.78, 5) is 10.8. The largest absolute Gasteiger partial charge is 0.615 e. The zero-order chi connectivity index (χ0) is 14.7. The van der Waals surface area contributed by atoms with Crippen LogP contribution in [0, 0.1) is 6.92 Å². The van der Waals surface area contributed by atoms with E-state index in [4.69, 9.17) is 21.4 Å². The molecular formula is C14H14N3O3Ta-. The smallest absolute Gasteiger partial charge is 0.319 e. The molecule has 2 rings (SSSR count). The Balaban J connectivity index is 0.00000220. The molecule has 2 aromatic carbocycles. The van der Waals surface area contributed by atoms with E-state index in [-0.39, 0.29) is 28.3 Å². The minimum absolute atomic E-state index is 0. The van der Waals surface area contributed by atoms with Gasteiger partial charge in [-0.15, -0.1) is 0 Å². The van der Waals surface area contributed by atoms with Crippen LogP contribution in [-0.2, 0) is 27.2 Å². The van der Waals surface area contributed by atoms with Crippen molar-refractivity contribution in [1.82, 2.24) is 0 Å². The molecule has 0 bridgehead atoms. The number of aryl methyl sites for hydroxylation is 1. The van der Waals surface area contributed by atoms with Gasteiger partial charge in [0.2, 0.25) is 0 Å². The van der Waals surface area contributed by atoms with Crippen LogP contribution in [0.4, 0.5) is 0 Å². The SMILES string of the molecule is Cc1ccc2cc(O/C(N)=C(/[N-]N)C(=O)O)ccc2c1.[Ta]. The first-order valence-corrected chi connectivity index (χ1v) is 5.83. The van der Waals surface area contributed by atoms with Crippen molar-refractivity contribution in [3.8, 4) is 5.75 Å². The van der Waals surface area contributed by atoms with Gasteiger partial charge in [-0.2, -0.15) is 0 Å². The van der Waals surface area contributed by atoms with E-state index in [0.29, 0.717) is 5.75 Å². The third-order valence-corrected chi connectivity index (χ3v) is 2.76. The number of ether oxygens (including phenoxy) is 1. The molecule has 6 nitrogen and oxygen atoms in total. The molecule has 0 fully saturated rings. The topological polar surface area (TPSA) is 113 Å². The van der Waals surface area contributed by atoms with Crippen LogP contribution >= 0.6 is 0 Å². The summed E-state index contributed by atoms with van der Waals surface area (Å²) < 4.78 is 5.27. The van der Waals surface area contributed by atoms with E-state index in [2.05, 4.69) is 5.43 Å². The molecule has 109 valence electrons. The number of carboxylic acids is 1. The van der Waals surface area contributed by atoms with Crippen molar-refractivity contribution in [3.05, 3.63) is 59.0 Å². The molecule has 0 aliphatic rings. The number of fused-ring (bicyclic) bond motifs is 1. The van der Waals surface area contributed by atoms with Crippen molar-refractivity contribution in [2.45, 2.75) is 6.92 Å². The second kappa shape index (κ2) is 7.14. The van der Waals surface area contributed by atoms with Crippen molar-refractivity contribution >= 4 is 16.7 Å². The van der Waals surface area contributed by atoms with Crippen molar-refractivity contribution in [2.24, 2.45) is 11.6 Å². The van der Waals surface area contributed by atoms with E-state index in [1.807, 2.05) is 31.2 Å². The fourth-order valence-corrected chi connectivity index (χ4v) is 1.81. The van der Waals surface area contributed by atoms with Crippen molar-refractivity contribution in [2.75, 3.05) is 0 Å². The normalized spacial score (nSPS) is 11.3. The van der Waals surface area contributed by atoms with E-state index >= 15 is 0 Å². The summed E-state index contributed by atoms with van der Waals surface area (Å²) in [6.07, 6.45) is 0. The Morgan fingerprint density at radius 3 is 2.43 bits per heavy atom. The van der Waals surface area contributed by atoms with Gasteiger partial charge in [-0.05, 0) is 29.8 Å². The van der Waals surface area contributed by atoms with Gasteiger partial charge in [0.05, 0.1) is 0 Å². The second-order valence-corrected chi connectivity index (χ2v) is 4.26. The Hall–Kier alpha value is -1.99.